The summed E-state index contributed by atoms with van der Waals surface area (Å²) in [6.45, 7) is 1.58. The zero-order chi connectivity index (χ0) is 14.2. The van der Waals surface area contributed by atoms with Crippen LogP contribution >= 0.6 is 0 Å². The monoisotopic (exact) mass is 271 g/mol. The van der Waals surface area contributed by atoms with Gasteiger partial charge in [0.1, 0.15) is 5.82 Å². The summed E-state index contributed by atoms with van der Waals surface area (Å²) in [5.41, 5.74) is 0.501. The summed E-state index contributed by atoms with van der Waals surface area (Å²) in [6, 6.07) is 6.61. The molecule has 1 N–H and O–H groups in total. The summed E-state index contributed by atoms with van der Waals surface area (Å²) in [4.78, 5) is 13.3. The standard InChI is InChI=1S/C13H9F4NO/c1-7-2-3-8(6-9(7)14)10-4-5-11(18-10)12(19)13(15,16)17/h2-6,18H,1H3. The molecule has 19 heavy (non-hydrogen) atoms. The fraction of sp³-hybridized carbons (Fsp3) is 0.154. The van der Waals surface area contributed by atoms with Crippen molar-refractivity contribution < 1.29 is 22.4 Å². The molecule has 0 spiro atoms. The normalized spacial score (nSPS) is 11.6. The first kappa shape index (κ1) is 13.3. The lowest BCUT2D eigenvalue weighted by molar-refractivity contribution is -0.0887. The predicted octanol–water partition coefficient (Wildman–Crippen LogP) is 3.87. The van der Waals surface area contributed by atoms with Crippen molar-refractivity contribution >= 4 is 5.78 Å². The summed E-state index contributed by atoms with van der Waals surface area (Å²) >= 11 is 0. The highest BCUT2D eigenvalue weighted by Crippen LogP contribution is 2.25. The van der Waals surface area contributed by atoms with Crippen molar-refractivity contribution in [3.8, 4) is 11.3 Å². The number of aryl methyl sites for hydroxylation is 1. The minimum atomic E-state index is -4.93. The molecular formula is C13H9F4NO. The van der Waals surface area contributed by atoms with Crippen molar-refractivity contribution in [3.05, 3.63) is 47.4 Å². The third kappa shape index (κ3) is 2.67. The zero-order valence-corrected chi connectivity index (χ0v) is 9.81. The van der Waals surface area contributed by atoms with Crippen LogP contribution in [0.15, 0.2) is 30.3 Å². The van der Waals surface area contributed by atoms with Gasteiger partial charge in [0.05, 0.1) is 5.69 Å². The van der Waals surface area contributed by atoms with Crippen molar-refractivity contribution in [2.45, 2.75) is 13.1 Å². The molecule has 0 aliphatic rings. The van der Waals surface area contributed by atoms with Crippen LogP contribution in [0.1, 0.15) is 16.1 Å². The SMILES string of the molecule is Cc1ccc(-c2ccc(C(=O)C(F)(F)F)[nH]2)cc1F. The third-order valence-electron chi connectivity index (χ3n) is 2.67. The van der Waals surface area contributed by atoms with Gasteiger partial charge in [0.15, 0.2) is 0 Å². The fourth-order valence-corrected chi connectivity index (χ4v) is 1.61. The second-order valence-corrected chi connectivity index (χ2v) is 4.08. The average molecular weight is 271 g/mol. The van der Waals surface area contributed by atoms with Crippen LogP contribution in [0.5, 0.6) is 0 Å². The molecular weight excluding hydrogens is 262 g/mol. The van der Waals surface area contributed by atoms with Crippen molar-refractivity contribution in [2.24, 2.45) is 0 Å². The van der Waals surface area contributed by atoms with E-state index < -0.39 is 23.5 Å². The van der Waals surface area contributed by atoms with Gasteiger partial charge in [0.25, 0.3) is 5.78 Å². The Morgan fingerprint density at radius 2 is 1.84 bits per heavy atom. The highest BCUT2D eigenvalue weighted by atomic mass is 19.4. The highest BCUT2D eigenvalue weighted by molar-refractivity contribution is 5.99. The van der Waals surface area contributed by atoms with E-state index >= 15 is 0 Å². The van der Waals surface area contributed by atoms with Gasteiger partial charge in [-0.3, -0.25) is 4.79 Å². The Hall–Kier alpha value is -2.11. The molecule has 0 atom stereocenters. The summed E-state index contributed by atoms with van der Waals surface area (Å²) in [5, 5.41) is 0. The Balaban J connectivity index is 2.36. The number of ketones is 1. The van der Waals surface area contributed by atoms with Gasteiger partial charge in [0, 0.05) is 11.3 Å². The second kappa shape index (κ2) is 4.53. The van der Waals surface area contributed by atoms with E-state index in [0.717, 1.165) is 6.07 Å². The van der Waals surface area contributed by atoms with Gasteiger partial charge in [-0.15, -0.1) is 0 Å². The molecule has 0 fully saturated rings. The lowest BCUT2D eigenvalue weighted by Crippen LogP contribution is -2.22. The smallest absolute Gasteiger partial charge is 0.352 e. The molecule has 0 amide bonds. The van der Waals surface area contributed by atoms with Gasteiger partial charge in [-0.2, -0.15) is 13.2 Å². The number of aromatic nitrogens is 1. The lowest BCUT2D eigenvalue weighted by atomic mass is 10.1. The van der Waals surface area contributed by atoms with Crippen LogP contribution in [0, 0.1) is 12.7 Å². The zero-order valence-electron chi connectivity index (χ0n) is 9.81. The Morgan fingerprint density at radius 3 is 2.42 bits per heavy atom. The number of Topliss-reactive ketones (excluding diaryl/α,β-unsaturated/α-hetero) is 1. The quantitative estimate of drug-likeness (QED) is 0.652. The average Bonchev–Trinajstić information content (AvgIpc) is 2.79. The van der Waals surface area contributed by atoms with Crippen molar-refractivity contribution in [1.29, 1.82) is 0 Å². The van der Waals surface area contributed by atoms with E-state index in [9.17, 15) is 22.4 Å². The molecule has 0 radical (unpaired) electrons. The maximum atomic E-state index is 13.4. The van der Waals surface area contributed by atoms with Gasteiger partial charge in [-0.05, 0) is 30.7 Å². The fourth-order valence-electron chi connectivity index (χ4n) is 1.61. The number of H-pyrrole nitrogens is 1. The third-order valence-corrected chi connectivity index (χ3v) is 2.67. The minimum absolute atomic E-state index is 0.256. The molecule has 2 nitrogen and oxygen atoms in total. The van der Waals surface area contributed by atoms with Gasteiger partial charge in [-0.1, -0.05) is 12.1 Å². The van der Waals surface area contributed by atoms with E-state index in [-0.39, 0.29) is 5.69 Å². The van der Waals surface area contributed by atoms with Crippen molar-refractivity contribution in [1.82, 2.24) is 4.98 Å². The minimum Gasteiger partial charge on any atom is -0.352 e. The molecule has 1 aromatic heterocycles. The Labute approximate surface area is 106 Å². The van der Waals surface area contributed by atoms with Crippen LogP contribution in [0.2, 0.25) is 0 Å². The molecule has 0 saturated heterocycles. The first-order valence-corrected chi connectivity index (χ1v) is 5.36. The molecule has 2 aromatic rings. The summed E-state index contributed by atoms with van der Waals surface area (Å²) < 4.78 is 50.1. The molecule has 6 heteroatoms. The number of carbonyl (C=O) groups excluding carboxylic acids is 1. The number of nitrogens with one attached hydrogen (secondary N) is 1. The largest absolute Gasteiger partial charge is 0.456 e. The Morgan fingerprint density at radius 1 is 1.16 bits per heavy atom. The number of rotatable bonds is 2. The molecule has 100 valence electrons. The molecule has 1 heterocycles. The van der Waals surface area contributed by atoms with Gasteiger partial charge in [-0.25, -0.2) is 4.39 Å². The number of benzene rings is 1. The Kier molecular flexibility index (Phi) is 3.18. The molecule has 0 aliphatic carbocycles. The second-order valence-electron chi connectivity index (χ2n) is 4.08. The molecule has 0 aliphatic heterocycles. The first-order valence-electron chi connectivity index (χ1n) is 5.36. The number of halogens is 4. The highest BCUT2D eigenvalue weighted by Gasteiger charge is 2.40. The molecule has 2 rings (SSSR count). The number of carbonyl (C=O) groups is 1. The van der Waals surface area contributed by atoms with E-state index in [4.69, 9.17) is 0 Å². The number of aromatic amines is 1. The number of hydrogen-bond donors (Lipinski definition) is 1. The maximum absolute atomic E-state index is 13.4. The van der Waals surface area contributed by atoms with E-state index in [0.29, 0.717) is 11.1 Å². The van der Waals surface area contributed by atoms with Crippen LogP contribution < -0.4 is 0 Å². The number of alkyl halides is 3. The van der Waals surface area contributed by atoms with Crippen molar-refractivity contribution in [3.63, 3.8) is 0 Å². The van der Waals surface area contributed by atoms with Gasteiger partial charge < -0.3 is 4.98 Å². The van der Waals surface area contributed by atoms with Crippen LogP contribution in [0.4, 0.5) is 17.6 Å². The van der Waals surface area contributed by atoms with Gasteiger partial charge >= 0.3 is 6.18 Å². The van der Waals surface area contributed by atoms with Crippen LogP contribution in [0.3, 0.4) is 0 Å². The first-order chi connectivity index (χ1) is 8.79. The van der Waals surface area contributed by atoms with Gasteiger partial charge in [0.2, 0.25) is 0 Å². The van der Waals surface area contributed by atoms with Crippen LogP contribution in [0.25, 0.3) is 11.3 Å². The Bertz CT molecular complexity index is 628. The van der Waals surface area contributed by atoms with Crippen LogP contribution in [-0.4, -0.2) is 16.9 Å². The summed E-state index contributed by atoms with van der Waals surface area (Å²) in [6.07, 6.45) is -4.93. The predicted molar refractivity (Wildman–Crippen MR) is 61.3 cm³/mol. The van der Waals surface area contributed by atoms with Crippen LogP contribution in [-0.2, 0) is 0 Å². The van der Waals surface area contributed by atoms with E-state index in [1.165, 1.54) is 18.2 Å². The molecule has 0 unspecified atom stereocenters. The van der Waals surface area contributed by atoms with E-state index in [2.05, 4.69) is 4.98 Å². The number of hydrogen-bond acceptors (Lipinski definition) is 1. The van der Waals surface area contributed by atoms with E-state index in [1.807, 2.05) is 0 Å². The maximum Gasteiger partial charge on any atom is 0.456 e. The summed E-state index contributed by atoms with van der Waals surface area (Å²) in [5.74, 6) is -2.41. The molecule has 0 saturated carbocycles. The van der Waals surface area contributed by atoms with Crippen molar-refractivity contribution in [2.75, 3.05) is 0 Å². The topological polar surface area (TPSA) is 32.9 Å². The lowest BCUT2D eigenvalue weighted by Gasteiger charge is -2.03. The molecule has 1 aromatic carbocycles. The van der Waals surface area contributed by atoms with E-state index in [1.54, 1.807) is 13.0 Å². The molecule has 0 bridgehead atoms. The summed E-state index contributed by atoms with van der Waals surface area (Å²) in [7, 11) is 0.